The number of benzene rings is 3. The molecule has 2 aromatic heterocycles. The number of carboxylic acid groups (broad SMARTS) is 2. The van der Waals surface area contributed by atoms with Gasteiger partial charge in [0.25, 0.3) is 0 Å². The lowest BCUT2D eigenvalue weighted by molar-refractivity contribution is -0.143. The monoisotopic (exact) mass is 822 g/mol. The van der Waals surface area contributed by atoms with Crippen LogP contribution in [0.3, 0.4) is 0 Å². The maximum Gasteiger partial charge on any atom is 0.303 e. The Morgan fingerprint density at radius 2 is 1.55 bits per heavy atom. The van der Waals surface area contributed by atoms with Gasteiger partial charge in [-0.3, -0.25) is 19.1 Å². The van der Waals surface area contributed by atoms with Crippen molar-refractivity contribution in [2.24, 2.45) is 5.92 Å². The molecule has 7 N–H and O–H groups in total. The van der Waals surface area contributed by atoms with Crippen molar-refractivity contribution in [1.29, 1.82) is 0 Å². The van der Waals surface area contributed by atoms with Crippen molar-refractivity contribution in [3.05, 3.63) is 117 Å². The van der Waals surface area contributed by atoms with Gasteiger partial charge in [0.05, 0.1) is 24.5 Å². The van der Waals surface area contributed by atoms with Crippen LogP contribution in [-0.4, -0.2) is 94.8 Å². The number of phenolic OH excluding ortho intramolecular Hbond substituents is 2. The lowest BCUT2D eigenvalue weighted by Crippen LogP contribution is -2.36. The average molecular weight is 823 g/mol. The highest BCUT2D eigenvalue weighted by Gasteiger charge is 2.22. The SMILES string of the molecule is O=C(O)CCC(=O)O.O=c1ccc2c([C@@H](O)CNCCc3ccc(CCN4CCC(Cn5cnc(Cc6cccc(C7CCCCC7)c6O)n5)CC4)cc3)ccc(O)c2[nH]1. The number of carboxylic acids is 2. The molecule has 2 aliphatic rings. The van der Waals surface area contributed by atoms with Crippen LogP contribution in [0.4, 0.5) is 0 Å². The van der Waals surface area contributed by atoms with Crippen molar-refractivity contribution in [2.45, 2.75) is 95.6 Å². The molecule has 0 radical (unpaired) electrons. The van der Waals surface area contributed by atoms with E-state index in [-0.39, 0.29) is 24.2 Å². The number of carbonyl (C=O) groups is 2. The summed E-state index contributed by atoms with van der Waals surface area (Å²) in [6, 6.07) is 21.3. The van der Waals surface area contributed by atoms with Crippen LogP contribution in [0.2, 0.25) is 0 Å². The quantitative estimate of drug-likeness (QED) is 0.0544. The first-order valence-electron chi connectivity index (χ1n) is 21.2. The number of phenols is 2. The Labute approximate surface area is 349 Å². The van der Waals surface area contributed by atoms with E-state index in [4.69, 9.17) is 15.3 Å². The van der Waals surface area contributed by atoms with E-state index in [2.05, 4.69) is 56.6 Å². The number of nitrogens with one attached hydrogen (secondary N) is 2. The van der Waals surface area contributed by atoms with Crippen LogP contribution >= 0.6 is 0 Å². The van der Waals surface area contributed by atoms with Crippen LogP contribution in [0.5, 0.6) is 11.5 Å². The first-order valence-corrected chi connectivity index (χ1v) is 21.2. The Morgan fingerprint density at radius 1 is 0.850 bits per heavy atom. The molecule has 0 amide bonds. The third kappa shape index (κ3) is 12.7. The molecular weight excluding hydrogens is 765 g/mol. The maximum atomic E-state index is 11.7. The van der Waals surface area contributed by atoms with Crippen molar-refractivity contribution >= 4 is 22.8 Å². The van der Waals surface area contributed by atoms with E-state index in [0.29, 0.717) is 47.0 Å². The molecule has 14 heteroatoms. The van der Waals surface area contributed by atoms with Gasteiger partial charge in [-0.05, 0) is 104 Å². The highest BCUT2D eigenvalue weighted by Crippen LogP contribution is 2.39. The highest BCUT2D eigenvalue weighted by molar-refractivity contribution is 5.87. The number of hydrogen-bond acceptors (Lipinski definition) is 10. The summed E-state index contributed by atoms with van der Waals surface area (Å²) in [5.74, 6) is 0.112. The number of pyridine rings is 1. The third-order valence-corrected chi connectivity index (χ3v) is 11.8. The molecule has 1 aliphatic heterocycles. The minimum atomic E-state index is -1.08. The summed E-state index contributed by atoms with van der Waals surface area (Å²) in [7, 11) is 0. The fourth-order valence-electron chi connectivity index (χ4n) is 8.33. The number of aliphatic carboxylic acids is 2. The van der Waals surface area contributed by atoms with Crippen molar-refractivity contribution in [3.8, 4) is 11.5 Å². The van der Waals surface area contributed by atoms with E-state index in [0.717, 1.165) is 75.4 Å². The Balaban J connectivity index is 0.000000686. The van der Waals surface area contributed by atoms with Gasteiger partial charge < -0.3 is 40.7 Å². The van der Waals surface area contributed by atoms with Crippen molar-refractivity contribution in [1.82, 2.24) is 30.0 Å². The van der Waals surface area contributed by atoms with Gasteiger partial charge in [0.15, 0.2) is 5.82 Å². The molecule has 320 valence electrons. The summed E-state index contributed by atoms with van der Waals surface area (Å²) in [6.45, 7) is 5.24. The minimum absolute atomic E-state index is 0.0106. The second-order valence-corrected chi connectivity index (χ2v) is 16.1. The van der Waals surface area contributed by atoms with Gasteiger partial charge in [-0.1, -0.05) is 67.8 Å². The predicted molar refractivity (Wildman–Crippen MR) is 228 cm³/mol. The summed E-state index contributed by atoms with van der Waals surface area (Å²) in [5.41, 5.74) is 5.34. The van der Waals surface area contributed by atoms with Gasteiger partial charge in [-0.2, -0.15) is 5.10 Å². The van der Waals surface area contributed by atoms with Crippen molar-refractivity contribution in [2.75, 3.05) is 32.7 Å². The minimum Gasteiger partial charge on any atom is -0.507 e. The third-order valence-electron chi connectivity index (χ3n) is 11.8. The molecule has 0 spiro atoms. The smallest absolute Gasteiger partial charge is 0.303 e. The topological polar surface area (TPSA) is 214 Å². The maximum absolute atomic E-state index is 11.7. The van der Waals surface area contributed by atoms with Gasteiger partial charge in [0.2, 0.25) is 5.56 Å². The zero-order valence-electron chi connectivity index (χ0n) is 34.1. The van der Waals surface area contributed by atoms with Crippen LogP contribution in [-0.2, 0) is 35.4 Å². The second-order valence-electron chi connectivity index (χ2n) is 16.1. The number of piperidine rings is 1. The average Bonchev–Trinajstić information content (AvgIpc) is 3.69. The number of aromatic hydroxyl groups is 2. The van der Waals surface area contributed by atoms with Gasteiger partial charge in [0.1, 0.15) is 17.8 Å². The first-order chi connectivity index (χ1) is 29.0. The zero-order chi connectivity index (χ0) is 42.4. The predicted octanol–water partition coefficient (Wildman–Crippen LogP) is 5.93. The van der Waals surface area contributed by atoms with Crippen LogP contribution in [0.1, 0.15) is 103 Å². The molecule has 1 saturated carbocycles. The van der Waals surface area contributed by atoms with E-state index < -0.39 is 18.0 Å². The second kappa shape index (κ2) is 21.6. The highest BCUT2D eigenvalue weighted by atomic mass is 16.4. The van der Waals surface area contributed by atoms with E-state index in [9.17, 15) is 29.7 Å². The largest absolute Gasteiger partial charge is 0.507 e. The Bertz CT molecular complexity index is 2210. The summed E-state index contributed by atoms with van der Waals surface area (Å²) >= 11 is 0. The summed E-state index contributed by atoms with van der Waals surface area (Å²) in [6.07, 6.45) is 11.4. The molecule has 60 heavy (non-hydrogen) atoms. The Morgan fingerprint density at radius 3 is 2.25 bits per heavy atom. The zero-order valence-corrected chi connectivity index (χ0v) is 34.1. The fraction of sp³-hybridized carbons (Fsp3) is 0.457. The van der Waals surface area contributed by atoms with E-state index in [1.165, 1.54) is 55.4 Å². The first kappa shape index (κ1) is 44.0. The molecule has 0 unspecified atom stereocenters. The van der Waals surface area contributed by atoms with Crippen molar-refractivity contribution < 1.29 is 35.1 Å². The van der Waals surface area contributed by atoms with Crippen LogP contribution in [0, 0.1) is 5.92 Å². The number of hydrogen-bond donors (Lipinski definition) is 7. The standard InChI is InChI=1S/C42H52N6O4.C4H6O4/c49-37-15-13-35(36-14-16-40(51)45-41(36)37)38(50)26-43-21-17-29-9-11-30(12-10-29)18-22-47-23-19-31(20-24-47)27-48-28-44-39(46-48)25-33-7-4-8-34(42(33)52)32-5-2-1-3-6-32;5-3(6)1-2-4(7)8/h4,7-16,28,31-32,38,43,49-50,52H,1-3,5-6,17-27H2,(H,45,51);1-2H2,(H,5,6)(H,7,8)/t38-;/m0./s1. The number of para-hydroxylation sites is 1. The van der Waals surface area contributed by atoms with Gasteiger partial charge >= 0.3 is 11.9 Å². The molecule has 2 fully saturated rings. The van der Waals surface area contributed by atoms with E-state index in [1.807, 2.05) is 17.1 Å². The van der Waals surface area contributed by atoms with Crippen LogP contribution in [0.25, 0.3) is 10.9 Å². The molecule has 0 bridgehead atoms. The summed E-state index contributed by atoms with van der Waals surface area (Å²) in [4.78, 5) is 40.8. The number of aliphatic hydroxyl groups is 1. The number of nitrogens with zero attached hydrogens (tertiary/aromatic N) is 4. The number of likely N-dealkylation sites (tertiary alicyclic amines) is 1. The molecule has 7 rings (SSSR count). The van der Waals surface area contributed by atoms with E-state index in [1.54, 1.807) is 12.1 Å². The number of fused-ring (bicyclic) bond motifs is 1. The number of aromatic amines is 1. The molecular formula is C46H58N6O8. The molecule has 1 aliphatic carbocycles. The Kier molecular flexibility index (Phi) is 15.8. The molecule has 3 heterocycles. The number of aliphatic hydroxyl groups excluding tert-OH is 1. The number of H-pyrrole nitrogens is 1. The van der Waals surface area contributed by atoms with Gasteiger partial charge in [-0.25, -0.2) is 4.98 Å². The molecule has 1 atom stereocenters. The van der Waals surface area contributed by atoms with Gasteiger partial charge in [-0.15, -0.1) is 0 Å². The van der Waals surface area contributed by atoms with Crippen LogP contribution in [0.15, 0.2) is 77.9 Å². The lowest BCUT2D eigenvalue weighted by Gasteiger charge is -2.31. The normalized spacial score (nSPS) is 15.7. The molecule has 14 nitrogen and oxygen atoms in total. The number of aromatic nitrogens is 4. The summed E-state index contributed by atoms with van der Waals surface area (Å²) in [5, 5.41) is 56.5. The fourth-order valence-corrected chi connectivity index (χ4v) is 8.33. The van der Waals surface area contributed by atoms with Crippen molar-refractivity contribution in [3.63, 3.8) is 0 Å². The summed E-state index contributed by atoms with van der Waals surface area (Å²) < 4.78 is 2.00. The van der Waals surface area contributed by atoms with Gasteiger partial charge in [0, 0.05) is 43.1 Å². The molecule has 5 aromatic rings. The number of rotatable bonds is 17. The molecule has 3 aromatic carbocycles. The van der Waals surface area contributed by atoms with E-state index >= 15 is 0 Å². The molecule has 1 saturated heterocycles. The Hall–Kier alpha value is -5.57. The lowest BCUT2D eigenvalue weighted by atomic mass is 9.83. The van der Waals surface area contributed by atoms with Crippen LogP contribution < -0.4 is 10.9 Å².